The lowest BCUT2D eigenvalue weighted by Crippen LogP contribution is -2.27. The minimum Gasteiger partial charge on any atom is -0.481 e. The molecule has 0 radical (unpaired) electrons. The number of halogens is 1. The smallest absolute Gasteiger partial charge is 0.310 e. The van der Waals surface area contributed by atoms with E-state index in [9.17, 15) is 14.9 Å². The summed E-state index contributed by atoms with van der Waals surface area (Å²) in [5.74, 6) is -1.01. The van der Waals surface area contributed by atoms with E-state index in [1.54, 1.807) is 0 Å². The van der Waals surface area contributed by atoms with Gasteiger partial charge in [0.15, 0.2) is 0 Å². The molecule has 0 amide bonds. The number of ether oxygens (including phenoxy) is 1. The van der Waals surface area contributed by atoms with Crippen molar-refractivity contribution in [3.63, 3.8) is 0 Å². The fraction of sp³-hybridized carbons (Fsp3) is 0.571. The summed E-state index contributed by atoms with van der Waals surface area (Å²) in [6.45, 7) is 0.763. The first-order valence-corrected chi connectivity index (χ1v) is 7.73. The minimum atomic E-state index is -0.744. The Morgan fingerprint density at radius 1 is 1.48 bits per heavy atom. The number of nitro groups is 1. The molecule has 0 aromatic carbocycles. The molecular formula is C14H18ClN3O5. The van der Waals surface area contributed by atoms with E-state index in [4.69, 9.17) is 21.4 Å². The number of rotatable bonds is 7. The topological polar surface area (TPSA) is 115 Å². The van der Waals surface area contributed by atoms with Gasteiger partial charge in [-0.1, -0.05) is 11.6 Å². The number of nitrogens with one attached hydrogen (secondary N) is 1. The second kappa shape index (κ2) is 8.07. The van der Waals surface area contributed by atoms with E-state index in [2.05, 4.69) is 10.3 Å². The van der Waals surface area contributed by atoms with Crippen LogP contribution in [0.1, 0.15) is 25.7 Å². The van der Waals surface area contributed by atoms with Crippen LogP contribution in [0.4, 0.5) is 11.4 Å². The predicted octanol–water partition coefficient (Wildman–Crippen LogP) is 2.72. The van der Waals surface area contributed by atoms with Crippen LogP contribution in [0.2, 0.25) is 5.15 Å². The maximum absolute atomic E-state index is 10.9. The first-order valence-electron chi connectivity index (χ1n) is 7.35. The summed E-state index contributed by atoms with van der Waals surface area (Å²) in [6, 6.07) is 1.40. The van der Waals surface area contributed by atoms with Crippen LogP contribution in [0.25, 0.3) is 0 Å². The number of anilines is 1. The van der Waals surface area contributed by atoms with Crippen molar-refractivity contribution in [2.75, 3.05) is 18.5 Å². The molecular weight excluding hydrogens is 326 g/mol. The zero-order valence-corrected chi connectivity index (χ0v) is 13.2. The maximum atomic E-state index is 10.9. The Morgan fingerprint density at radius 2 is 2.17 bits per heavy atom. The van der Waals surface area contributed by atoms with Crippen LogP contribution in [-0.4, -0.2) is 40.2 Å². The lowest BCUT2D eigenvalue weighted by Gasteiger charge is -2.26. The third-order valence-corrected chi connectivity index (χ3v) is 4.05. The molecule has 1 aliphatic rings. The highest BCUT2D eigenvalue weighted by Gasteiger charge is 2.26. The van der Waals surface area contributed by atoms with E-state index in [-0.39, 0.29) is 22.9 Å². The van der Waals surface area contributed by atoms with Crippen molar-refractivity contribution in [3.05, 3.63) is 27.5 Å². The molecule has 1 aromatic rings. The number of carboxylic acid groups (broad SMARTS) is 1. The Morgan fingerprint density at radius 3 is 2.78 bits per heavy atom. The summed E-state index contributed by atoms with van der Waals surface area (Å²) in [6.07, 6.45) is 3.84. The quantitative estimate of drug-likeness (QED) is 0.338. The summed E-state index contributed by atoms with van der Waals surface area (Å²) >= 11 is 5.74. The van der Waals surface area contributed by atoms with Crippen LogP contribution < -0.4 is 5.32 Å². The number of hydrogen-bond acceptors (Lipinski definition) is 6. The molecule has 2 N–H and O–H groups in total. The van der Waals surface area contributed by atoms with Crippen LogP contribution in [0, 0.1) is 16.0 Å². The first kappa shape index (κ1) is 17.4. The van der Waals surface area contributed by atoms with Gasteiger partial charge >= 0.3 is 11.7 Å². The molecule has 8 nitrogen and oxygen atoms in total. The van der Waals surface area contributed by atoms with Crippen molar-refractivity contribution >= 4 is 28.9 Å². The Labute approximate surface area is 138 Å². The van der Waals surface area contributed by atoms with Crippen molar-refractivity contribution in [1.29, 1.82) is 0 Å². The van der Waals surface area contributed by atoms with E-state index in [0.29, 0.717) is 31.7 Å². The molecule has 0 bridgehead atoms. The Balaban J connectivity index is 1.75. The Kier molecular flexibility index (Phi) is 6.12. The first-order chi connectivity index (χ1) is 11.0. The summed E-state index contributed by atoms with van der Waals surface area (Å²) in [4.78, 5) is 24.9. The van der Waals surface area contributed by atoms with E-state index in [1.807, 2.05) is 0 Å². The molecule has 0 saturated heterocycles. The van der Waals surface area contributed by atoms with Crippen LogP contribution in [0.5, 0.6) is 0 Å². The second-order valence-corrected chi connectivity index (χ2v) is 5.78. The molecule has 1 aliphatic carbocycles. The number of aliphatic carboxylic acids is 1. The molecule has 1 fully saturated rings. The zero-order valence-electron chi connectivity index (χ0n) is 12.4. The van der Waals surface area contributed by atoms with Crippen molar-refractivity contribution in [2.24, 2.45) is 5.92 Å². The van der Waals surface area contributed by atoms with E-state index in [1.165, 1.54) is 6.07 Å². The second-order valence-electron chi connectivity index (χ2n) is 5.39. The Bertz CT molecular complexity index is 576. The van der Waals surface area contributed by atoms with Gasteiger partial charge in [-0.15, -0.1) is 0 Å². The minimum absolute atomic E-state index is 0.0448. The molecule has 9 heteroatoms. The summed E-state index contributed by atoms with van der Waals surface area (Å²) in [7, 11) is 0. The fourth-order valence-electron chi connectivity index (χ4n) is 2.60. The molecule has 0 spiro atoms. The molecule has 23 heavy (non-hydrogen) atoms. The van der Waals surface area contributed by atoms with Crippen LogP contribution >= 0.6 is 11.6 Å². The van der Waals surface area contributed by atoms with Crippen molar-refractivity contribution < 1.29 is 19.6 Å². The lowest BCUT2D eigenvalue weighted by molar-refractivity contribution is -0.384. The van der Waals surface area contributed by atoms with Gasteiger partial charge in [0.25, 0.3) is 0 Å². The Hall–Kier alpha value is -1.93. The SMILES string of the molecule is O=C(O)C1CCC(OCCNc2cc(Cl)ncc2[N+](=O)[O-])CC1. The number of nitrogens with zero attached hydrogens (tertiary/aromatic N) is 2. The lowest BCUT2D eigenvalue weighted by atomic mass is 9.87. The molecule has 2 rings (SSSR count). The predicted molar refractivity (Wildman–Crippen MR) is 83.7 cm³/mol. The van der Waals surface area contributed by atoms with Gasteiger partial charge in [-0.2, -0.15) is 0 Å². The van der Waals surface area contributed by atoms with Crippen LogP contribution in [0.3, 0.4) is 0 Å². The van der Waals surface area contributed by atoms with Crippen molar-refractivity contribution in [1.82, 2.24) is 4.98 Å². The van der Waals surface area contributed by atoms with Crippen LogP contribution in [-0.2, 0) is 9.53 Å². The molecule has 0 aliphatic heterocycles. The average Bonchev–Trinajstić information content (AvgIpc) is 2.51. The fourth-order valence-corrected chi connectivity index (χ4v) is 2.76. The molecule has 1 saturated carbocycles. The van der Waals surface area contributed by atoms with Gasteiger partial charge in [0, 0.05) is 12.6 Å². The third-order valence-electron chi connectivity index (χ3n) is 3.84. The number of aromatic nitrogens is 1. The molecule has 126 valence electrons. The highest BCUT2D eigenvalue weighted by atomic mass is 35.5. The van der Waals surface area contributed by atoms with Gasteiger partial charge in [0.1, 0.15) is 17.0 Å². The largest absolute Gasteiger partial charge is 0.481 e. The summed E-state index contributed by atoms with van der Waals surface area (Å²) in [5.41, 5.74) is 0.157. The van der Waals surface area contributed by atoms with E-state index in [0.717, 1.165) is 19.0 Å². The molecule has 0 atom stereocenters. The maximum Gasteiger partial charge on any atom is 0.310 e. The molecule has 1 heterocycles. The average molecular weight is 344 g/mol. The zero-order chi connectivity index (χ0) is 16.8. The highest BCUT2D eigenvalue weighted by molar-refractivity contribution is 6.29. The van der Waals surface area contributed by atoms with Gasteiger partial charge in [0.2, 0.25) is 0 Å². The normalized spacial score (nSPS) is 20.9. The van der Waals surface area contributed by atoms with E-state index < -0.39 is 10.9 Å². The summed E-state index contributed by atoms with van der Waals surface area (Å²) < 4.78 is 5.69. The van der Waals surface area contributed by atoms with Gasteiger partial charge in [0.05, 0.1) is 23.6 Å². The van der Waals surface area contributed by atoms with Gasteiger partial charge in [-0.3, -0.25) is 14.9 Å². The molecule has 1 aromatic heterocycles. The summed E-state index contributed by atoms with van der Waals surface area (Å²) in [5, 5.41) is 22.9. The van der Waals surface area contributed by atoms with Crippen molar-refractivity contribution in [3.8, 4) is 0 Å². The third kappa shape index (κ3) is 5.04. The monoisotopic (exact) mass is 343 g/mol. The number of hydrogen-bond donors (Lipinski definition) is 2. The van der Waals surface area contributed by atoms with Crippen molar-refractivity contribution in [2.45, 2.75) is 31.8 Å². The van der Waals surface area contributed by atoms with Crippen LogP contribution in [0.15, 0.2) is 12.3 Å². The van der Waals surface area contributed by atoms with Gasteiger partial charge in [-0.05, 0) is 25.7 Å². The highest BCUT2D eigenvalue weighted by Crippen LogP contribution is 2.27. The standard InChI is InChI=1S/C14H18ClN3O5/c15-13-7-11(12(8-17-13)18(21)22)16-5-6-23-10-3-1-9(2-4-10)14(19)20/h7-10H,1-6H2,(H,16,17)(H,19,20). The number of pyridine rings is 1. The van der Waals surface area contributed by atoms with Gasteiger partial charge in [-0.25, -0.2) is 4.98 Å². The molecule has 0 unspecified atom stereocenters. The number of carbonyl (C=O) groups is 1. The number of carboxylic acids is 1. The van der Waals surface area contributed by atoms with Gasteiger partial charge < -0.3 is 15.2 Å². The van der Waals surface area contributed by atoms with E-state index >= 15 is 0 Å².